The summed E-state index contributed by atoms with van der Waals surface area (Å²) in [7, 11) is 0. The molecule has 1 aromatic heterocycles. The van der Waals surface area contributed by atoms with E-state index in [9.17, 15) is 4.79 Å². The van der Waals surface area contributed by atoms with Crippen LogP contribution in [0.5, 0.6) is 0 Å². The van der Waals surface area contributed by atoms with Gasteiger partial charge < -0.3 is 9.62 Å². The van der Waals surface area contributed by atoms with E-state index in [-0.39, 0.29) is 11.0 Å². The summed E-state index contributed by atoms with van der Waals surface area (Å²) in [6.07, 6.45) is 2.34. The van der Waals surface area contributed by atoms with Gasteiger partial charge in [0.25, 0.3) is 0 Å². The highest BCUT2D eigenvalue weighted by Crippen LogP contribution is 2.12. The summed E-state index contributed by atoms with van der Waals surface area (Å²) >= 11 is 0. The minimum Gasteiger partial charge on any atom is -0.463 e. The largest absolute Gasteiger partial charge is 0.463 e. The maximum absolute atomic E-state index is 11.8. The predicted octanol–water partition coefficient (Wildman–Crippen LogP) is 1.91. The van der Waals surface area contributed by atoms with Crippen molar-refractivity contribution in [3.05, 3.63) is 45.8 Å². The first-order valence-corrected chi connectivity index (χ1v) is 4.42. The van der Waals surface area contributed by atoms with Crippen molar-refractivity contribution in [1.82, 2.24) is 0 Å². The van der Waals surface area contributed by atoms with Crippen LogP contribution in [0.3, 0.4) is 0 Å². The smallest absolute Gasteiger partial charge is 0.201 e. The van der Waals surface area contributed by atoms with Crippen LogP contribution >= 0.6 is 0 Å². The Bertz CT molecular complexity index is 584. The normalized spacial score (nSPS) is 11.3. The Balaban J connectivity index is 2.80. The van der Waals surface area contributed by atoms with E-state index in [1.165, 1.54) is 6.26 Å². The number of aryl methyl sites for hydroxylation is 1. The van der Waals surface area contributed by atoms with E-state index < -0.39 is 0 Å². The van der Waals surface area contributed by atoms with E-state index in [4.69, 9.17) is 9.62 Å². The van der Waals surface area contributed by atoms with E-state index in [1.807, 2.05) is 13.0 Å². The molecule has 15 heavy (non-hydrogen) atoms. The lowest BCUT2D eigenvalue weighted by Gasteiger charge is -1.98. The summed E-state index contributed by atoms with van der Waals surface area (Å²) < 4.78 is 5.25. The number of hydrogen-bond donors (Lipinski definition) is 1. The third-order valence-corrected chi connectivity index (χ3v) is 2.15. The van der Waals surface area contributed by atoms with Crippen molar-refractivity contribution in [2.24, 2.45) is 5.16 Å². The summed E-state index contributed by atoms with van der Waals surface area (Å²) in [6.45, 7) is 1.92. The van der Waals surface area contributed by atoms with Crippen molar-refractivity contribution in [1.29, 1.82) is 0 Å². The van der Waals surface area contributed by atoms with Gasteiger partial charge in [-0.15, -0.1) is 0 Å². The Morgan fingerprint density at radius 1 is 1.47 bits per heavy atom. The zero-order valence-electron chi connectivity index (χ0n) is 8.10. The van der Waals surface area contributed by atoms with Crippen LogP contribution in [0, 0.1) is 6.92 Å². The molecule has 0 fully saturated rings. The minimum absolute atomic E-state index is 0.200. The van der Waals surface area contributed by atoms with Gasteiger partial charge in [0.2, 0.25) is 5.43 Å². The summed E-state index contributed by atoms with van der Waals surface area (Å²) in [4.78, 5) is 11.8. The molecule has 2 aromatic rings. The Hall–Kier alpha value is -2.10. The molecule has 0 atom stereocenters. The van der Waals surface area contributed by atoms with Gasteiger partial charge in [0.1, 0.15) is 11.8 Å². The predicted molar refractivity (Wildman–Crippen MR) is 56.6 cm³/mol. The fraction of sp³-hybridized carbons (Fsp3) is 0.0909. The Labute approximate surface area is 85.5 Å². The highest BCUT2D eigenvalue weighted by atomic mass is 16.4. The molecule has 76 valence electrons. The molecular weight excluding hydrogens is 194 g/mol. The van der Waals surface area contributed by atoms with E-state index in [0.29, 0.717) is 11.0 Å². The second kappa shape index (κ2) is 3.57. The number of fused-ring (bicyclic) bond motifs is 1. The van der Waals surface area contributed by atoms with Gasteiger partial charge >= 0.3 is 0 Å². The Morgan fingerprint density at radius 3 is 3.00 bits per heavy atom. The van der Waals surface area contributed by atoms with Crippen LogP contribution < -0.4 is 5.43 Å². The molecule has 0 amide bonds. The molecule has 0 unspecified atom stereocenters. The van der Waals surface area contributed by atoms with Crippen molar-refractivity contribution >= 4 is 17.2 Å². The van der Waals surface area contributed by atoms with Crippen LogP contribution in [0.15, 0.2) is 38.8 Å². The van der Waals surface area contributed by atoms with Crippen molar-refractivity contribution in [2.75, 3.05) is 0 Å². The van der Waals surface area contributed by atoms with Crippen LogP contribution in [-0.4, -0.2) is 11.4 Å². The summed E-state index contributed by atoms with van der Waals surface area (Å²) in [5, 5.41) is 11.6. The summed E-state index contributed by atoms with van der Waals surface area (Å²) in [6, 6.07) is 5.32. The lowest BCUT2D eigenvalue weighted by Crippen LogP contribution is -2.07. The van der Waals surface area contributed by atoms with E-state index in [0.717, 1.165) is 11.8 Å². The molecule has 0 bridgehead atoms. The quantitative estimate of drug-likeness (QED) is 0.437. The lowest BCUT2D eigenvalue weighted by molar-refractivity contribution is 0.321. The number of rotatable bonds is 1. The standard InChI is InChI=1S/C11H9NO3/c1-7-2-3-9-10(4-7)15-6-8(5-12-14)11(9)13/h2-6,14H,1H3. The molecule has 1 N–H and O–H groups in total. The van der Waals surface area contributed by atoms with Crippen LogP contribution in [0.1, 0.15) is 11.1 Å². The molecular formula is C11H9NO3. The third kappa shape index (κ3) is 1.61. The zero-order chi connectivity index (χ0) is 10.8. The molecule has 0 saturated carbocycles. The zero-order valence-corrected chi connectivity index (χ0v) is 8.10. The number of benzene rings is 1. The van der Waals surface area contributed by atoms with E-state index >= 15 is 0 Å². The monoisotopic (exact) mass is 203 g/mol. The molecule has 1 aromatic carbocycles. The van der Waals surface area contributed by atoms with Gasteiger partial charge in [-0.2, -0.15) is 0 Å². The third-order valence-electron chi connectivity index (χ3n) is 2.15. The lowest BCUT2D eigenvalue weighted by atomic mass is 10.1. The van der Waals surface area contributed by atoms with Gasteiger partial charge in [-0.1, -0.05) is 11.2 Å². The van der Waals surface area contributed by atoms with Gasteiger partial charge in [0, 0.05) is 0 Å². The molecule has 0 radical (unpaired) electrons. The highest BCUT2D eigenvalue weighted by Gasteiger charge is 2.04. The molecule has 0 aliphatic rings. The van der Waals surface area contributed by atoms with Gasteiger partial charge in [-0.3, -0.25) is 4.79 Å². The van der Waals surface area contributed by atoms with E-state index in [2.05, 4.69) is 5.16 Å². The molecule has 0 saturated heterocycles. The van der Waals surface area contributed by atoms with Gasteiger partial charge in [0.15, 0.2) is 0 Å². The Morgan fingerprint density at radius 2 is 2.27 bits per heavy atom. The molecule has 0 aliphatic heterocycles. The van der Waals surface area contributed by atoms with Crippen LogP contribution in [0.4, 0.5) is 0 Å². The summed E-state index contributed by atoms with van der Waals surface area (Å²) in [5.74, 6) is 0. The molecule has 0 aliphatic carbocycles. The molecule has 1 heterocycles. The SMILES string of the molecule is Cc1ccc2c(=O)c(C=NO)coc2c1. The highest BCUT2D eigenvalue weighted by molar-refractivity contribution is 5.86. The van der Waals surface area contributed by atoms with Crippen LogP contribution in [-0.2, 0) is 0 Å². The van der Waals surface area contributed by atoms with Gasteiger partial charge in [0.05, 0.1) is 17.2 Å². The average Bonchev–Trinajstić information content (AvgIpc) is 2.22. The number of hydrogen-bond acceptors (Lipinski definition) is 4. The second-order valence-corrected chi connectivity index (χ2v) is 3.26. The fourth-order valence-electron chi connectivity index (χ4n) is 1.40. The second-order valence-electron chi connectivity index (χ2n) is 3.26. The van der Waals surface area contributed by atoms with Crippen molar-refractivity contribution < 1.29 is 9.62 Å². The van der Waals surface area contributed by atoms with Gasteiger partial charge in [-0.25, -0.2) is 0 Å². The average molecular weight is 203 g/mol. The van der Waals surface area contributed by atoms with Crippen molar-refractivity contribution in [3.8, 4) is 0 Å². The first-order valence-electron chi connectivity index (χ1n) is 4.42. The van der Waals surface area contributed by atoms with Crippen LogP contribution in [0.25, 0.3) is 11.0 Å². The Kier molecular flexibility index (Phi) is 2.25. The first-order chi connectivity index (χ1) is 7.22. The fourth-order valence-corrected chi connectivity index (χ4v) is 1.40. The molecule has 4 nitrogen and oxygen atoms in total. The number of oxime groups is 1. The molecule has 2 rings (SSSR count). The van der Waals surface area contributed by atoms with Crippen molar-refractivity contribution in [2.45, 2.75) is 6.92 Å². The minimum atomic E-state index is -0.200. The summed E-state index contributed by atoms with van der Waals surface area (Å²) in [5.41, 5.74) is 1.59. The van der Waals surface area contributed by atoms with Gasteiger partial charge in [-0.05, 0) is 24.6 Å². The first kappa shape index (κ1) is 9.45. The topological polar surface area (TPSA) is 62.8 Å². The number of nitrogens with zero attached hydrogens (tertiary/aromatic N) is 1. The molecule has 0 spiro atoms. The van der Waals surface area contributed by atoms with Crippen LogP contribution in [0.2, 0.25) is 0 Å². The van der Waals surface area contributed by atoms with E-state index in [1.54, 1.807) is 12.1 Å². The molecule has 4 heteroatoms. The maximum atomic E-state index is 11.8. The van der Waals surface area contributed by atoms with Crippen molar-refractivity contribution in [3.63, 3.8) is 0 Å². The maximum Gasteiger partial charge on any atom is 0.201 e.